The van der Waals surface area contributed by atoms with Crippen LogP contribution in [0.1, 0.15) is 32.8 Å². The van der Waals surface area contributed by atoms with E-state index < -0.39 is 0 Å². The van der Waals surface area contributed by atoms with Crippen LogP contribution in [0.15, 0.2) is 24.3 Å². The highest BCUT2D eigenvalue weighted by Crippen LogP contribution is 2.18. The van der Waals surface area contributed by atoms with Crippen molar-refractivity contribution in [3.63, 3.8) is 0 Å². The first-order valence-corrected chi connectivity index (χ1v) is 6.25. The Morgan fingerprint density at radius 3 is 2.65 bits per heavy atom. The second-order valence-electron chi connectivity index (χ2n) is 4.52. The normalized spacial score (nSPS) is 12.8. The van der Waals surface area contributed by atoms with Gasteiger partial charge in [0.05, 0.1) is 6.10 Å². The topological polar surface area (TPSA) is 41.5 Å². The third kappa shape index (κ3) is 5.20. The Morgan fingerprint density at radius 2 is 2.00 bits per heavy atom. The fraction of sp³-hybridized carbons (Fsp3) is 0.571. The van der Waals surface area contributed by atoms with E-state index in [0.29, 0.717) is 19.1 Å². The Labute approximate surface area is 104 Å². The highest BCUT2D eigenvalue weighted by molar-refractivity contribution is 5.33. The number of rotatable bonds is 7. The van der Waals surface area contributed by atoms with Crippen LogP contribution in [0, 0.1) is 0 Å². The molecule has 0 bridgehead atoms. The molecule has 96 valence electrons. The van der Waals surface area contributed by atoms with Crippen molar-refractivity contribution in [3.8, 4) is 5.75 Å². The summed E-state index contributed by atoms with van der Waals surface area (Å²) in [5.41, 5.74) is 1.13. The molecule has 0 heterocycles. The molecule has 0 amide bonds. The maximum atomic E-state index is 9.49. The molecule has 1 aromatic rings. The van der Waals surface area contributed by atoms with Gasteiger partial charge in [0.25, 0.3) is 0 Å². The molecule has 0 aliphatic rings. The Morgan fingerprint density at radius 1 is 1.29 bits per heavy atom. The number of nitrogens with one attached hydrogen (secondary N) is 1. The molecule has 0 saturated carbocycles. The van der Waals surface area contributed by atoms with E-state index in [4.69, 9.17) is 4.74 Å². The van der Waals surface area contributed by atoms with Crippen molar-refractivity contribution in [2.75, 3.05) is 6.61 Å². The van der Waals surface area contributed by atoms with Crippen molar-refractivity contribution >= 4 is 0 Å². The van der Waals surface area contributed by atoms with Crippen LogP contribution in [0.2, 0.25) is 0 Å². The first-order chi connectivity index (χ1) is 8.13. The van der Waals surface area contributed by atoms with Gasteiger partial charge in [0.15, 0.2) is 0 Å². The van der Waals surface area contributed by atoms with Crippen LogP contribution in [-0.4, -0.2) is 23.9 Å². The Kier molecular flexibility index (Phi) is 6.01. The number of hydrogen-bond acceptors (Lipinski definition) is 3. The summed E-state index contributed by atoms with van der Waals surface area (Å²) in [6.45, 7) is 7.32. The molecular formula is C14H23NO2. The molecule has 2 N–H and O–H groups in total. The van der Waals surface area contributed by atoms with Gasteiger partial charge in [-0.3, -0.25) is 0 Å². The average Bonchev–Trinajstić information content (AvgIpc) is 2.34. The number of para-hydroxylation sites is 1. The largest absolute Gasteiger partial charge is 0.491 e. The molecule has 17 heavy (non-hydrogen) atoms. The summed E-state index contributed by atoms with van der Waals surface area (Å²) in [4.78, 5) is 0. The second-order valence-corrected chi connectivity index (χ2v) is 4.52. The van der Waals surface area contributed by atoms with Crippen molar-refractivity contribution < 1.29 is 9.84 Å². The summed E-state index contributed by atoms with van der Waals surface area (Å²) < 4.78 is 5.63. The van der Waals surface area contributed by atoms with E-state index in [1.807, 2.05) is 31.2 Å². The Hall–Kier alpha value is -1.06. The summed E-state index contributed by atoms with van der Waals surface area (Å²) in [5.74, 6) is 0.855. The van der Waals surface area contributed by atoms with Gasteiger partial charge < -0.3 is 15.2 Å². The van der Waals surface area contributed by atoms with Crippen LogP contribution in [0.5, 0.6) is 5.75 Å². The Balaban J connectivity index is 2.57. The van der Waals surface area contributed by atoms with E-state index >= 15 is 0 Å². The van der Waals surface area contributed by atoms with Crippen LogP contribution in [0.4, 0.5) is 0 Å². The SMILES string of the molecule is CCC(O)COc1ccccc1CNC(C)C. The molecule has 0 fully saturated rings. The third-order valence-electron chi connectivity index (χ3n) is 2.58. The predicted octanol–water partition coefficient (Wildman–Crippen LogP) is 2.33. The van der Waals surface area contributed by atoms with Crippen molar-refractivity contribution in [3.05, 3.63) is 29.8 Å². The summed E-state index contributed by atoms with van der Waals surface area (Å²) in [6, 6.07) is 8.39. The number of benzene rings is 1. The van der Waals surface area contributed by atoms with Gasteiger partial charge in [-0.25, -0.2) is 0 Å². The van der Waals surface area contributed by atoms with Gasteiger partial charge in [-0.15, -0.1) is 0 Å². The molecule has 0 radical (unpaired) electrons. The minimum absolute atomic E-state index is 0.356. The van der Waals surface area contributed by atoms with Crippen LogP contribution >= 0.6 is 0 Å². The molecule has 0 aromatic heterocycles. The molecule has 3 heteroatoms. The standard InChI is InChI=1S/C14H23NO2/c1-4-13(16)10-17-14-8-6-5-7-12(14)9-15-11(2)3/h5-8,11,13,15-16H,4,9-10H2,1-3H3. The lowest BCUT2D eigenvalue weighted by atomic mass is 10.2. The van der Waals surface area contributed by atoms with Gasteiger partial charge in [-0.05, 0) is 12.5 Å². The minimum atomic E-state index is -0.388. The quantitative estimate of drug-likeness (QED) is 0.765. The van der Waals surface area contributed by atoms with E-state index in [9.17, 15) is 5.11 Å². The summed E-state index contributed by atoms with van der Waals surface area (Å²) in [6.07, 6.45) is 0.327. The fourth-order valence-corrected chi connectivity index (χ4v) is 1.41. The smallest absolute Gasteiger partial charge is 0.123 e. The number of hydrogen-bond donors (Lipinski definition) is 2. The van der Waals surface area contributed by atoms with E-state index in [2.05, 4.69) is 19.2 Å². The van der Waals surface area contributed by atoms with Gasteiger partial charge >= 0.3 is 0 Å². The zero-order valence-electron chi connectivity index (χ0n) is 10.9. The van der Waals surface area contributed by atoms with Crippen LogP contribution in [0.3, 0.4) is 0 Å². The van der Waals surface area contributed by atoms with E-state index in [1.165, 1.54) is 0 Å². The molecule has 3 nitrogen and oxygen atoms in total. The molecule has 0 aliphatic heterocycles. The van der Waals surface area contributed by atoms with Crippen molar-refractivity contribution in [2.45, 2.75) is 45.9 Å². The molecule has 0 saturated heterocycles. The van der Waals surface area contributed by atoms with Gasteiger partial charge in [0.2, 0.25) is 0 Å². The van der Waals surface area contributed by atoms with E-state index in [1.54, 1.807) is 0 Å². The molecule has 1 aromatic carbocycles. The molecule has 1 unspecified atom stereocenters. The van der Waals surface area contributed by atoms with Crippen molar-refractivity contribution in [2.24, 2.45) is 0 Å². The van der Waals surface area contributed by atoms with Gasteiger partial charge in [0, 0.05) is 18.2 Å². The fourth-order valence-electron chi connectivity index (χ4n) is 1.41. The van der Waals surface area contributed by atoms with Crippen LogP contribution < -0.4 is 10.1 Å². The zero-order valence-corrected chi connectivity index (χ0v) is 10.9. The van der Waals surface area contributed by atoms with Crippen LogP contribution in [0.25, 0.3) is 0 Å². The van der Waals surface area contributed by atoms with Gasteiger partial charge in [-0.2, -0.15) is 0 Å². The first kappa shape index (κ1) is 14.0. The van der Waals surface area contributed by atoms with E-state index in [0.717, 1.165) is 17.9 Å². The minimum Gasteiger partial charge on any atom is -0.491 e. The van der Waals surface area contributed by atoms with Crippen LogP contribution in [-0.2, 0) is 6.54 Å². The molecule has 0 aliphatic carbocycles. The van der Waals surface area contributed by atoms with Gasteiger partial charge in [0.1, 0.15) is 12.4 Å². The maximum Gasteiger partial charge on any atom is 0.123 e. The second kappa shape index (κ2) is 7.30. The number of aliphatic hydroxyl groups is 1. The summed E-state index contributed by atoms with van der Waals surface area (Å²) >= 11 is 0. The lowest BCUT2D eigenvalue weighted by Gasteiger charge is -2.15. The first-order valence-electron chi connectivity index (χ1n) is 6.25. The molecule has 1 rings (SSSR count). The number of aliphatic hydroxyl groups excluding tert-OH is 1. The van der Waals surface area contributed by atoms with Gasteiger partial charge in [-0.1, -0.05) is 39.0 Å². The molecular weight excluding hydrogens is 214 g/mol. The highest BCUT2D eigenvalue weighted by Gasteiger charge is 2.06. The lowest BCUT2D eigenvalue weighted by molar-refractivity contribution is 0.104. The zero-order chi connectivity index (χ0) is 12.7. The molecule has 1 atom stereocenters. The maximum absolute atomic E-state index is 9.49. The predicted molar refractivity (Wildman–Crippen MR) is 70.2 cm³/mol. The number of ether oxygens (including phenoxy) is 1. The van der Waals surface area contributed by atoms with E-state index in [-0.39, 0.29) is 6.10 Å². The highest BCUT2D eigenvalue weighted by atomic mass is 16.5. The average molecular weight is 237 g/mol. The summed E-state index contributed by atoms with van der Waals surface area (Å²) in [5, 5.41) is 12.8. The van der Waals surface area contributed by atoms with Crippen molar-refractivity contribution in [1.82, 2.24) is 5.32 Å². The Bertz CT molecular complexity index is 326. The molecule has 0 spiro atoms. The third-order valence-corrected chi connectivity index (χ3v) is 2.58. The monoisotopic (exact) mass is 237 g/mol. The lowest BCUT2D eigenvalue weighted by Crippen LogP contribution is -2.23. The summed E-state index contributed by atoms with van der Waals surface area (Å²) in [7, 11) is 0. The van der Waals surface area contributed by atoms with Crippen molar-refractivity contribution in [1.29, 1.82) is 0 Å².